The molecule has 0 N–H and O–H groups in total. The van der Waals surface area contributed by atoms with E-state index in [1.165, 1.54) is 11.8 Å². The standard InChI is InChI=1S/C18H16O4/c1-3-12-4-6-13(7-5-12)22-17-11-21-16-10-14(20-2)8-9-15(16)18(17)19/h4-11H,3H2,1-2H3. The zero-order valence-electron chi connectivity index (χ0n) is 12.5. The fourth-order valence-corrected chi connectivity index (χ4v) is 2.21. The number of benzene rings is 2. The van der Waals surface area contributed by atoms with Crippen LogP contribution >= 0.6 is 0 Å². The van der Waals surface area contributed by atoms with Gasteiger partial charge in [0.05, 0.1) is 12.5 Å². The van der Waals surface area contributed by atoms with Crippen molar-refractivity contribution < 1.29 is 13.9 Å². The van der Waals surface area contributed by atoms with Gasteiger partial charge in [-0.05, 0) is 36.2 Å². The molecular weight excluding hydrogens is 280 g/mol. The van der Waals surface area contributed by atoms with Gasteiger partial charge in [0, 0.05) is 6.07 Å². The molecule has 0 atom stereocenters. The molecule has 2 aromatic carbocycles. The number of hydrogen-bond donors (Lipinski definition) is 0. The molecule has 0 unspecified atom stereocenters. The smallest absolute Gasteiger partial charge is 0.235 e. The molecule has 1 heterocycles. The molecule has 0 aliphatic heterocycles. The van der Waals surface area contributed by atoms with Crippen LogP contribution in [-0.4, -0.2) is 7.11 Å². The SMILES string of the molecule is CCc1ccc(Oc2coc3cc(OC)ccc3c2=O)cc1. The van der Waals surface area contributed by atoms with Gasteiger partial charge in [-0.2, -0.15) is 0 Å². The van der Waals surface area contributed by atoms with Crippen molar-refractivity contribution in [2.75, 3.05) is 7.11 Å². The van der Waals surface area contributed by atoms with E-state index in [4.69, 9.17) is 13.9 Å². The zero-order valence-corrected chi connectivity index (χ0v) is 12.5. The molecule has 4 heteroatoms. The van der Waals surface area contributed by atoms with Crippen molar-refractivity contribution in [3.63, 3.8) is 0 Å². The quantitative estimate of drug-likeness (QED) is 0.725. The number of hydrogen-bond acceptors (Lipinski definition) is 4. The van der Waals surface area contributed by atoms with Crippen LogP contribution in [0.3, 0.4) is 0 Å². The van der Waals surface area contributed by atoms with Gasteiger partial charge in [-0.25, -0.2) is 0 Å². The Bertz CT molecular complexity index is 847. The normalized spacial score (nSPS) is 10.6. The van der Waals surface area contributed by atoms with Crippen LogP contribution in [0.2, 0.25) is 0 Å². The van der Waals surface area contributed by atoms with Gasteiger partial charge >= 0.3 is 0 Å². The number of ether oxygens (including phenoxy) is 2. The lowest BCUT2D eigenvalue weighted by Gasteiger charge is -2.07. The molecule has 0 saturated carbocycles. The van der Waals surface area contributed by atoms with Crippen molar-refractivity contribution >= 4 is 11.0 Å². The maximum Gasteiger partial charge on any atom is 0.235 e. The molecular formula is C18H16O4. The molecule has 0 saturated heterocycles. The molecule has 1 aromatic heterocycles. The van der Waals surface area contributed by atoms with Crippen LogP contribution in [0.5, 0.6) is 17.2 Å². The largest absolute Gasteiger partial charge is 0.497 e. The second-order valence-electron chi connectivity index (χ2n) is 4.89. The summed E-state index contributed by atoms with van der Waals surface area (Å²) < 4.78 is 16.2. The Kier molecular flexibility index (Phi) is 3.83. The first kappa shape index (κ1) is 14.2. The van der Waals surface area contributed by atoms with E-state index in [2.05, 4.69) is 6.92 Å². The first-order valence-corrected chi connectivity index (χ1v) is 7.07. The molecule has 3 aromatic rings. The minimum absolute atomic E-state index is 0.168. The van der Waals surface area contributed by atoms with E-state index in [1.807, 2.05) is 24.3 Å². The van der Waals surface area contributed by atoms with E-state index in [0.29, 0.717) is 22.5 Å². The number of fused-ring (bicyclic) bond motifs is 1. The van der Waals surface area contributed by atoms with Gasteiger partial charge in [0.25, 0.3) is 0 Å². The Labute approximate surface area is 127 Å². The maximum atomic E-state index is 12.4. The Hall–Kier alpha value is -2.75. The van der Waals surface area contributed by atoms with Crippen LogP contribution in [0.1, 0.15) is 12.5 Å². The average Bonchev–Trinajstić information content (AvgIpc) is 2.57. The first-order chi connectivity index (χ1) is 10.7. The highest BCUT2D eigenvalue weighted by Crippen LogP contribution is 2.24. The van der Waals surface area contributed by atoms with Gasteiger partial charge in [-0.1, -0.05) is 19.1 Å². The highest BCUT2D eigenvalue weighted by molar-refractivity contribution is 5.79. The summed E-state index contributed by atoms with van der Waals surface area (Å²) in [4.78, 5) is 12.4. The van der Waals surface area contributed by atoms with Crippen molar-refractivity contribution in [1.82, 2.24) is 0 Å². The summed E-state index contributed by atoms with van der Waals surface area (Å²) in [5, 5.41) is 0.462. The fourth-order valence-electron chi connectivity index (χ4n) is 2.21. The average molecular weight is 296 g/mol. The fraction of sp³-hybridized carbons (Fsp3) is 0.167. The van der Waals surface area contributed by atoms with Crippen LogP contribution in [0.4, 0.5) is 0 Å². The molecule has 0 aliphatic carbocycles. The van der Waals surface area contributed by atoms with Gasteiger partial charge in [0.15, 0.2) is 0 Å². The van der Waals surface area contributed by atoms with Crippen molar-refractivity contribution in [1.29, 1.82) is 0 Å². The topological polar surface area (TPSA) is 48.7 Å². The summed E-state index contributed by atoms with van der Waals surface area (Å²) in [7, 11) is 1.57. The van der Waals surface area contributed by atoms with Gasteiger partial charge in [-0.15, -0.1) is 0 Å². The minimum atomic E-state index is -0.205. The monoisotopic (exact) mass is 296 g/mol. The highest BCUT2D eigenvalue weighted by Gasteiger charge is 2.10. The Morgan fingerprint density at radius 3 is 2.45 bits per heavy atom. The zero-order chi connectivity index (χ0) is 15.5. The molecule has 0 spiro atoms. The molecule has 0 amide bonds. The number of rotatable bonds is 4. The number of aryl methyl sites for hydroxylation is 1. The van der Waals surface area contributed by atoms with Gasteiger partial charge < -0.3 is 13.9 Å². The van der Waals surface area contributed by atoms with Crippen LogP contribution in [-0.2, 0) is 6.42 Å². The second kappa shape index (κ2) is 5.93. The molecule has 112 valence electrons. The maximum absolute atomic E-state index is 12.4. The van der Waals surface area contributed by atoms with Crippen molar-refractivity contribution in [2.45, 2.75) is 13.3 Å². The van der Waals surface area contributed by atoms with Crippen molar-refractivity contribution in [2.24, 2.45) is 0 Å². The summed E-state index contributed by atoms with van der Waals surface area (Å²) in [6.07, 6.45) is 2.29. The van der Waals surface area contributed by atoms with Crippen molar-refractivity contribution in [3.05, 3.63) is 64.5 Å². The van der Waals surface area contributed by atoms with E-state index >= 15 is 0 Å². The summed E-state index contributed by atoms with van der Waals surface area (Å²) in [6, 6.07) is 12.7. The second-order valence-corrected chi connectivity index (χ2v) is 4.89. The Balaban J connectivity index is 1.97. The van der Waals surface area contributed by atoms with Crippen LogP contribution in [0, 0.1) is 0 Å². The predicted octanol–water partition coefficient (Wildman–Crippen LogP) is 4.16. The highest BCUT2D eigenvalue weighted by atomic mass is 16.5. The van der Waals surface area contributed by atoms with Gasteiger partial charge in [-0.3, -0.25) is 4.79 Å². The number of methoxy groups -OCH3 is 1. The van der Waals surface area contributed by atoms with E-state index in [1.54, 1.807) is 25.3 Å². The molecule has 3 rings (SSSR count). The van der Waals surface area contributed by atoms with Crippen LogP contribution in [0.15, 0.2) is 57.9 Å². The lowest BCUT2D eigenvalue weighted by atomic mass is 10.2. The van der Waals surface area contributed by atoms with Crippen LogP contribution < -0.4 is 14.9 Å². The van der Waals surface area contributed by atoms with Gasteiger partial charge in [0.2, 0.25) is 11.2 Å². The molecule has 4 nitrogen and oxygen atoms in total. The molecule has 0 fully saturated rings. The third-order valence-corrected chi connectivity index (χ3v) is 3.51. The van der Waals surface area contributed by atoms with E-state index in [0.717, 1.165) is 6.42 Å². The Morgan fingerprint density at radius 1 is 1.05 bits per heavy atom. The van der Waals surface area contributed by atoms with Crippen molar-refractivity contribution in [3.8, 4) is 17.2 Å². The molecule has 0 radical (unpaired) electrons. The van der Waals surface area contributed by atoms with E-state index < -0.39 is 0 Å². The summed E-state index contributed by atoms with van der Waals surface area (Å²) in [5.41, 5.74) is 1.48. The molecule has 0 aliphatic rings. The van der Waals surface area contributed by atoms with E-state index in [-0.39, 0.29) is 11.2 Å². The molecule has 22 heavy (non-hydrogen) atoms. The van der Waals surface area contributed by atoms with Gasteiger partial charge in [0.1, 0.15) is 23.3 Å². The predicted molar refractivity (Wildman–Crippen MR) is 84.9 cm³/mol. The summed E-state index contributed by atoms with van der Waals surface area (Å²) in [5.74, 6) is 1.42. The third-order valence-electron chi connectivity index (χ3n) is 3.51. The third kappa shape index (κ3) is 2.68. The first-order valence-electron chi connectivity index (χ1n) is 7.07. The summed E-state index contributed by atoms with van der Waals surface area (Å²) in [6.45, 7) is 2.09. The van der Waals surface area contributed by atoms with E-state index in [9.17, 15) is 4.79 Å². The molecule has 0 bridgehead atoms. The lowest BCUT2D eigenvalue weighted by molar-refractivity contribution is 0.413. The lowest BCUT2D eigenvalue weighted by Crippen LogP contribution is -2.04. The van der Waals surface area contributed by atoms with Crippen LogP contribution in [0.25, 0.3) is 11.0 Å². The minimum Gasteiger partial charge on any atom is -0.497 e. The Morgan fingerprint density at radius 2 is 1.77 bits per heavy atom. The summed E-state index contributed by atoms with van der Waals surface area (Å²) >= 11 is 0.